The molecule has 0 saturated carbocycles. The van der Waals surface area contributed by atoms with E-state index in [9.17, 15) is 24.8 Å². The van der Waals surface area contributed by atoms with Crippen LogP contribution in [0.4, 0.5) is 17.1 Å². The molecule has 0 radical (unpaired) electrons. The maximum absolute atomic E-state index is 12.5. The van der Waals surface area contributed by atoms with Crippen LogP contribution in [0.25, 0.3) is 0 Å². The first kappa shape index (κ1) is 20.1. The van der Waals surface area contributed by atoms with E-state index in [1.54, 1.807) is 6.07 Å². The lowest BCUT2D eigenvalue weighted by atomic mass is 10.1. The molecule has 2 aromatic carbocycles. The quantitative estimate of drug-likeness (QED) is 0.394. The molecule has 10 heteroatoms. The number of benzene rings is 2. The Balaban J connectivity index is 1.83. The average molecular weight is 400 g/mol. The molecule has 3 N–H and O–H groups in total. The number of hydrogen-bond donors (Lipinski definition) is 3. The number of phenols is 1. The largest absolute Gasteiger partial charge is 0.506 e. The number of carboxylic acid groups (broad SMARTS) is 1. The van der Waals surface area contributed by atoms with Crippen molar-refractivity contribution in [1.29, 1.82) is 0 Å². The molecule has 0 aromatic heterocycles. The molecule has 1 heterocycles. The van der Waals surface area contributed by atoms with E-state index in [2.05, 4.69) is 10.2 Å². The van der Waals surface area contributed by atoms with E-state index < -0.39 is 22.5 Å². The van der Waals surface area contributed by atoms with Crippen LogP contribution < -0.4 is 10.2 Å². The second kappa shape index (κ2) is 8.15. The van der Waals surface area contributed by atoms with Crippen molar-refractivity contribution in [2.45, 2.75) is 0 Å². The van der Waals surface area contributed by atoms with Crippen molar-refractivity contribution < 1.29 is 24.7 Å². The van der Waals surface area contributed by atoms with Crippen LogP contribution in [-0.4, -0.2) is 65.1 Å². The van der Waals surface area contributed by atoms with Crippen molar-refractivity contribution in [2.75, 3.05) is 43.4 Å². The van der Waals surface area contributed by atoms with Crippen molar-refractivity contribution in [1.82, 2.24) is 4.90 Å². The minimum atomic E-state index is -1.21. The lowest BCUT2D eigenvalue weighted by molar-refractivity contribution is -0.384. The van der Waals surface area contributed by atoms with Crippen LogP contribution in [0.1, 0.15) is 20.7 Å². The lowest BCUT2D eigenvalue weighted by Crippen LogP contribution is -2.44. The van der Waals surface area contributed by atoms with Crippen LogP contribution in [0.2, 0.25) is 0 Å². The van der Waals surface area contributed by atoms with Gasteiger partial charge in [0.2, 0.25) is 0 Å². The van der Waals surface area contributed by atoms with Crippen molar-refractivity contribution in [3.05, 3.63) is 57.6 Å². The molecule has 1 fully saturated rings. The minimum Gasteiger partial charge on any atom is -0.506 e. The molecule has 0 unspecified atom stereocenters. The molecule has 3 rings (SSSR count). The van der Waals surface area contributed by atoms with Gasteiger partial charge in [0.1, 0.15) is 11.4 Å². The molecule has 1 aliphatic rings. The van der Waals surface area contributed by atoms with Gasteiger partial charge in [0.15, 0.2) is 0 Å². The molecule has 1 amide bonds. The number of carbonyl (C=O) groups excluding carboxylic acids is 1. The van der Waals surface area contributed by atoms with Gasteiger partial charge in [-0.2, -0.15) is 0 Å². The molecule has 0 spiro atoms. The summed E-state index contributed by atoms with van der Waals surface area (Å²) in [5.74, 6) is -2.29. The zero-order valence-electron chi connectivity index (χ0n) is 15.7. The summed E-state index contributed by atoms with van der Waals surface area (Å²) < 4.78 is 0. The normalized spacial score (nSPS) is 14.4. The SMILES string of the molecule is CN1CCN(c2ccc(C(=O)Nc3ccc(C(=O)O)cc3O)cc2[N+](=O)[O-])CC1. The number of piperazine rings is 1. The van der Waals surface area contributed by atoms with E-state index in [1.165, 1.54) is 24.3 Å². The van der Waals surface area contributed by atoms with Gasteiger partial charge in [-0.05, 0) is 37.4 Å². The Morgan fingerprint density at radius 2 is 1.72 bits per heavy atom. The van der Waals surface area contributed by atoms with E-state index >= 15 is 0 Å². The van der Waals surface area contributed by atoms with Gasteiger partial charge in [0, 0.05) is 37.8 Å². The van der Waals surface area contributed by atoms with Crippen LogP contribution >= 0.6 is 0 Å². The number of likely N-dealkylation sites (N-methyl/N-ethyl adjacent to an activating group) is 1. The number of hydrogen-bond acceptors (Lipinski definition) is 7. The first-order valence-electron chi connectivity index (χ1n) is 8.86. The summed E-state index contributed by atoms with van der Waals surface area (Å²) in [5, 5.41) is 32.8. The molecular weight excluding hydrogens is 380 g/mol. The second-order valence-electron chi connectivity index (χ2n) is 6.74. The highest BCUT2D eigenvalue weighted by Gasteiger charge is 2.24. The summed E-state index contributed by atoms with van der Waals surface area (Å²) in [6.45, 7) is 2.86. The number of nitro benzene ring substituents is 1. The molecule has 152 valence electrons. The predicted octanol–water partition coefficient (Wildman–Crippen LogP) is 2.00. The first-order chi connectivity index (χ1) is 13.8. The van der Waals surface area contributed by atoms with E-state index in [4.69, 9.17) is 5.11 Å². The van der Waals surface area contributed by atoms with Gasteiger partial charge in [-0.25, -0.2) is 4.79 Å². The Bertz CT molecular complexity index is 969. The fourth-order valence-corrected chi connectivity index (χ4v) is 3.09. The molecule has 0 atom stereocenters. The second-order valence-corrected chi connectivity index (χ2v) is 6.74. The predicted molar refractivity (Wildman–Crippen MR) is 106 cm³/mol. The zero-order valence-corrected chi connectivity index (χ0v) is 15.7. The highest BCUT2D eigenvalue weighted by Crippen LogP contribution is 2.31. The Morgan fingerprint density at radius 1 is 1.07 bits per heavy atom. The van der Waals surface area contributed by atoms with Crippen molar-refractivity contribution in [3.8, 4) is 5.75 Å². The van der Waals surface area contributed by atoms with Crippen molar-refractivity contribution in [2.24, 2.45) is 0 Å². The Kier molecular flexibility index (Phi) is 5.64. The average Bonchev–Trinajstić information content (AvgIpc) is 2.69. The lowest BCUT2D eigenvalue weighted by Gasteiger charge is -2.33. The standard InChI is InChI=1S/C19H20N4O6/c1-21-6-8-22(9-7-21)15-5-3-12(10-16(15)23(28)29)18(25)20-14-4-2-13(19(26)27)11-17(14)24/h2-5,10-11,24H,6-9H2,1H3,(H,20,25)(H,26,27). The Morgan fingerprint density at radius 3 is 2.31 bits per heavy atom. The molecule has 1 saturated heterocycles. The molecule has 1 aliphatic heterocycles. The summed E-state index contributed by atoms with van der Waals surface area (Å²) in [6.07, 6.45) is 0. The topological polar surface area (TPSA) is 136 Å². The number of carboxylic acids is 1. The minimum absolute atomic E-state index is 0.00537. The molecule has 29 heavy (non-hydrogen) atoms. The van der Waals surface area contributed by atoms with Crippen LogP contribution in [0.5, 0.6) is 5.75 Å². The maximum Gasteiger partial charge on any atom is 0.335 e. The highest BCUT2D eigenvalue weighted by atomic mass is 16.6. The van der Waals surface area contributed by atoms with Crippen LogP contribution in [0.15, 0.2) is 36.4 Å². The number of carbonyl (C=O) groups is 2. The molecule has 0 aliphatic carbocycles. The van der Waals surface area contributed by atoms with Crippen LogP contribution in [0.3, 0.4) is 0 Å². The van der Waals surface area contributed by atoms with Gasteiger partial charge in [0.25, 0.3) is 11.6 Å². The van der Waals surface area contributed by atoms with Crippen molar-refractivity contribution in [3.63, 3.8) is 0 Å². The van der Waals surface area contributed by atoms with E-state index in [0.29, 0.717) is 18.8 Å². The van der Waals surface area contributed by atoms with Gasteiger partial charge in [-0.15, -0.1) is 0 Å². The van der Waals surface area contributed by atoms with Gasteiger partial charge in [0.05, 0.1) is 16.2 Å². The smallest absolute Gasteiger partial charge is 0.335 e. The number of aromatic carboxylic acids is 1. The third kappa shape index (κ3) is 4.43. The number of amides is 1. The summed E-state index contributed by atoms with van der Waals surface area (Å²) >= 11 is 0. The number of aromatic hydroxyl groups is 1. The Hall–Kier alpha value is -3.66. The molecule has 2 aromatic rings. The number of phenolic OH excluding ortho intramolecular Hbond substituents is 1. The third-order valence-electron chi connectivity index (χ3n) is 4.77. The third-order valence-corrected chi connectivity index (χ3v) is 4.77. The fraction of sp³-hybridized carbons (Fsp3) is 0.263. The fourth-order valence-electron chi connectivity index (χ4n) is 3.09. The van der Waals surface area contributed by atoms with Crippen LogP contribution in [0, 0.1) is 10.1 Å². The van der Waals surface area contributed by atoms with Gasteiger partial charge in [-0.3, -0.25) is 14.9 Å². The number of nitro groups is 1. The zero-order chi connectivity index (χ0) is 21.1. The molecule has 10 nitrogen and oxygen atoms in total. The number of nitrogens with zero attached hydrogens (tertiary/aromatic N) is 3. The van der Waals surface area contributed by atoms with Crippen molar-refractivity contribution >= 4 is 28.9 Å². The summed E-state index contributed by atoms with van der Waals surface area (Å²) in [4.78, 5) is 38.5. The first-order valence-corrected chi connectivity index (χ1v) is 8.86. The van der Waals surface area contributed by atoms with E-state index in [1.807, 2.05) is 11.9 Å². The maximum atomic E-state index is 12.5. The highest BCUT2D eigenvalue weighted by molar-refractivity contribution is 6.06. The summed E-state index contributed by atoms with van der Waals surface area (Å²) in [7, 11) is 1.98. The Labute approximate surface area is 166 Å². The van der Waals surface area contributed by atoms with E-state index in [-0.39, 0.29) is 22.5 Å². The number of nitrogens with one attached hydrogen (secondary N) is 1. The van der Waals surface area contributed by atoms with E-state index in [0.717, 1.165) is 19.2 Å². The number of anilines is 2. The van der Waals surface area contributed by atoms with Gasteiger partial charge >= 0.3 is 5.97 Å². The summed E-state index contributed by atoms with van der Waals surface area (Å²) in [6, 6.07) is 7.73. The van der Waals surface area contributed by atoms with Gasteiger partial charge in [-0.1, -0.05) is 0 Å². The van der Waals surface area contributed by atoms with Gasteiger partial charge < -0.3 is 25.3 Å². The molecular formula is C19H20N4O6. The summed E-state index contributed by atoms with van der Waals surface area (Å²) in [5.41, 5.74) is 0.204. The van der Waals surface area contributed by atoms with Crippen LogP contribution in [-0.2, 0) is 0 Å². The number of rotatable bonds is 5. The monoisotopic (exact) mass is 400 g/mol. The molecule has 0 bridgehead atoms.